The smallest absolute Gasteiger partial charge is 0.321 e. The molecule has 0 spiro atoms. The van der Waals surface area contributed by atoms with Crippen molar-refractivity contribution < 1.29 is 9.53 Å². The van der Waals surface area contributed by atoms with Gasteiger partial charge in [0.1, 0.15) is 0 Å². The van der Waals surface area contributed by atoms with Crippen LogP contribution >= 0.6 is 15.9 Å². The quantitative estimate of drug-likeness (QED) is 0.913. The second-order valence-corrected chi connectivity index (χ2v) is 5.68. The Bertz CT molecular complexity index is 448. The van der Waals surface area contributed by atoms with E-state index in [9.17, 15) is 4.79 Å². The Hall–Kier alpha value is -1.11. The molecule has 2 rings (SSSR count). The molecule has 110 valence electrons. The summed E-state index contributed by atoms with van der Waals surface area (Å²) in [5.41, 5.74) is 0.811. The Morgan fingerprint density at radius 3 is 2.75 bits per heavy atom. The van der Waals surface area contributed by atoms with E-state index in [1.807, 2.05) is 29.2 Å². The van der Waals surface area contributed by atoms with Crippen molar-refractivity contribution in [3.63, 3.8) is 0 Å². The molecule has 1 aromatic carbocycles. The molecule has 0 atom stereocenters. The predicted molar refractivity (Wildman–Crippen MR) is 83.0 cm³/mol. The molecule has 5 nitrogen and oxygen atoms in total. The van der Waals surface area contributed by atoms with E-state index in [2.05, 4.69) is 26.1 Å². The van der Waals surface area contributed by atoms with E-state index in [1.165, 1.54) is 0 Å². The normalized spacial score (nSPS) is 16.2. The summed E-state index contributed by atoms with van der Waals surface area (Å²) >= 11 is 3.40. The minimum Gasteiger partial charge on any atom is -0.383 e. The van der Waals surface area contributed by atoms with Crippen LogP contribution in [0.15, 0.2) is 28.7 Å². The van der Waals surface area contributed by atoms with Crippen LogP contribution in [0.5, 0.6) is 0 Å². The van der Waals surface area contributed by atoms with Crippen LogP contribution in [-0.2, 0) is 4.74 Å². The Kier molecular flexibility index (Phi) is 5.82. The van der Waals surface area contributed by atoms with Crippen molar-refractivity contribution in [1.82, 2.24) is 9.80 Å². The van der Waals surface area contributed by atoms with Crippen molar-refractivity contribution in [3.05, 3.63) is 28.7 Å². The first-order chi connectivity index (χ1) is 9.69. The van der Waals surface area contributed by atoms with E-state index < -0.39 is 0 Å². The number of anilines is 1. The first kappa shape index (κ1) is 15.3. The Balaban J connectivity index is 1.80. The summed E-state index contributed by atoms with van der Waals surface area (Å²) in [5.74, 6) is 0. The third kappa shape index (κ3) is 4.47. The van der Waals surface area contributed by atoms with Crippen LogP contribution < -0.4 is 5.32 Å². The molecular formula is C14H20BrN3O2. The number of urea groups is 1. The molecule has 0 aromatic heterocycles. The lowest BCUT2D eigenvalue weighted by Crippen LogP contribution is -2.50. The predicted octanol–water partition coefficient (Wildman–Crippen LogP) is 2.25. The number of hydrogen-bond acceptors (Lipinski definition) is 3. The van der Waals surface area contributed by atoms with Gasteiger partial charge in [0.05, 0.1) is 6.61 Å². The van der Waals surface area contributed by atoms with Crippen LogP contribution in [0.4, 0.5) is 10.5 Å². The fourth-order valence-electron chi connectivity index (χ4n) is 2.16. The molecule has 0 saturated carbocycles. The fraction of sp³-hybridized carbons (Fsp3) is 0.500. The monoisotopic (exact) mass is 341 g/mol. The molecule has 0 bridgehead atoms. The molecule has 0 radical (unpaired) electrons. The Labute approximate surface area is 128 Å². The highest BCUT2D eigenvalue weighted by Crippen LogP contribution is 2.16. The third-order valence-electron chi connectivity index (χ3n) is 3.35. The molecule has 6 heteroatoms. The summed E-state index contributed by atoms with van der Waals surface area (Å²) < 4.78 is 6.03. The number of hydrogen-bond donors (Lipinski definition) is 1. The lowest BCUT2D eigenvalue weighted by atomic mass is 10.3. The van der Waals surface area contributed by atoms with Gasteiger partial charge in [0, 0.05) is 50.0 Å². The number of rotatable bonds is 4. The number of amides is 2. The topological polar surface area (TPSA) is 44.8 Å². The number of nitrogens with zero attached hydrogens (tertiary/aromatic N) is 2. The van der Waals surface area contributed by atoms with E-state index in [1.54, 1.807) is 7.11 Å². The van der Waals surface area contributed by atoms with E-state index in [0.717, 1.165) is 49.5 Å². The number of ether oxygens (including phenoxy) is 1. The zero-order valence-corrected chi connectivity index (χ0v) is 13.2. The first-order valence-corrected chi connectivity index (χ1v) is 7.51. The van der Waals surface area contributed by atoms with Gasteiger partial charge in [-0.3, -0.25) is 4.90 Å². The molecule has 0 unspecified atom stereocenters. The molecule has 0 aliphatic carbocycles. The van der Waals surface area contributed by atoms with Gasteiger partial charge in [0.2, 0.25) is 0 Å². The van der Waals surface area contributed by atoms with Gasteiger partial charge in [-0.05, 0) is 18.2 Å². The van der Waals surface area contributed by atoms with Crippen molar-refractivity contribution in [2.24, 2.45) is 0 Å². The number of carbonyl (C=O) groups excluding carboxylic acids is 1. The standard InChI is InChI=1S/C14H20BrN3O2/c1-20-10-9-17-5-7-18(8-6-17)14(19)16-13-4-2-3-12(15)11-13/h2-4,11H,5-10H2,1H3,(H,16,19). The van der Waals surface area contributed by atoms with Gasteiger partial charge in [-0.25, -0.2) is 4.79 Å². The van der Waals surface area contributed by atoms with Gasteiger partial charge in [0.25, 0.3) is 0 Å². The maximum Gasteiger partial charge on any atom is 0.321 e. The second kappa shape index (κ2) is 7.61. The number of nitrogens with one attached hydrogen (secondary N) is 1. The van der Waals surface area contributed by atoms with E-state index in [-0.39, 0.29) is 6.03 Å². The van der Waals surface area contributed by atoms with Crippen LogP contribution in [0.2, 0.25) is 0 Å². The average Bonchev–Trinajstić information content (AvgIpc) is 2.45. The summed E-state index contributed by atoms with van der Waals surface area (Å²) in [6.45, 7) is 4.97. The van der Waals surface area contributed by atoms with Crippen LogP contribution in [0.1, 0.15) is 0 Å². The molecule has 1 N–H and O–H groups in total. The Morgan fingerprint density at radius 1 is 1.35 bits per heavy atom. The zero-order valence-electron chi connectivity index (χ0n) is 11.6. The first-order valence-electron chi connectivity index (χ1n) is 6.72. The second-order valence-electron chi connectivity index (χ2n) is 4.76. The fourth-order valence-corrected chi connectivity index (χ4v) is 2.56. The van der Waals surface area contributed by atoms with Gasteiger partial charge in [-0.1, -0.05) is 22.0 Å². The summed E-state index contributed by atoms with van der Waals surface area (Å²) in [7, 11) is 1.71. The van der Waals surface area contributed by atoms with Crippen molar-refractivity contribution in [1.29, 1.82) is 0 Å². The van der Waals surface area contributed by atoms with Crippen molar-refractivity contribution in [2.75, 3.05) is 51.8 Å². The van der Waals surface area contributed by atoms with Crippen molar-refractivity contribution in [3.8, 4) is 0 Å². The molecule has 20 heavy (non-hydrogen) atoms. The van der Waals surface area contributed by atoms with Crippen molar-refractivity contribution in [2.45, 2.75) is 0 Å². The molecule has 1 fully saturated rings. The maximum atomic E-state index is 12.2. The molecule has 1 aromatic rings. The Morgan fingerprint density at radius 2 is 2.10 bits per heavy atom. The average molecular weight is 342 g/mol. The summed E-state index contributed by atoms with van der Waals surface area (Å²) in [6.07, 6.45) is 0. The van der Waals surface area contributed by atoms with Crippen LogP contribution in [-0.4, -0.2) is 62.3 Å². The summed E-state index contributed by atoms with van der Waals surface area (Å²) in [6, 6.07) is 7.59. The highest BCUT2D eigenvalue weighted by molar-refractivity contribution is 9.10. The van der Waals surface area contributed by atoms with Crippen LogP contribution in [0, 0.1) is 0 Å². The van der Waals surface area contributed by atoms with Crippen LogP contribution in [0.25, 0.3) is 0 Å². The maximum absolute atomic E-state index is 12.2. The number of piperazine rings is 1. The molecular weight excluding hydrogens is 322 g/mol. The minimum absolute atomic E-state index is 0.0329. The number of carbonyl (C=O) groups is 1. The summed E-state index contributed by atoms with van der Waals surface area (Å²) in [4.78, 5) is 16.3. The third-order valence-corrected chi connectivity index (χ3v) is 3.84. The van der Waals surface area contributed by atoms with Gasteiger partial charge >= 0.3 is 6.03 Å². The lowest BCUT2D eigenvalue weighted by Gasteiger charge is -2.34. The van der Waals surface area contributed by atoms with Crippen molar-refractivity contribution >= 4 is 27.6 Å². The highest BCUT2D eigenvalue weighted by atomic mass is 79.9. The summed E-state index contributed by atoms with van der Waals surface area (Å²) in [5, 5.41) is 2.92. The number of methoxy groups -OCH3 is 1. The molecule has 1 aliphatic heterocycles. The lowest BCUT2D eigenvalue weighted by molar-refractivity contribution is 0.109. The van der Waals surface area contributed by atoms with E-state index in [4.69, 9.17) is 4.74 Å². The number of halogens is 1. The van der Waals surface area contributed by atoms with Crippen LogP contribution in [0.3, 0.4) is 0 Å². The SMILES string of the molecule is COCCN1CCN(C(=O)Nc2cccc(Br)c2)CC1. The molecule has 1 aliphatic rings. The van der Waals surface area contributed by atoms with E-state index in [0.29, 0.717) is 0 Å². The van der Waals surface area contributed by atoms with E-state index >= 15 is 0 Å². The van der Waals surface area contributed by atoms with Gasteiger partial charge in [0.15, 0.2) is 0 Å². The highest BCUT2D eigenvalue weighted by Gasteiger charge is 2.20. The van der Waals surface area contributed by atoms with Gasteiger partial charge in [-0.2, -0.15) is 0 Å². The largest absolute Gasteiger partial charge is 0.383 e. The van der Waals surface area contributed by atoms with Gasteiger partial charge < -0.3 is 15.0 Å². The van der Waals surface area contributed by atoms with Gasteiger partial charge in [-0.15, -0.1) is 0 Å². The molecule has 1 saturated heterocycles. The molecule has 2 amide bonds. The molecule has 1 heterocycles. The number of benzene rings is 1. The zero-order chi connectivity index (χ0) is 14.4. The minimum atomic E-state index is -0.0329.